The van der Waals surface area contributed by atoms with Crippen LogP contribution >= 0.6 is 7.82 Å². The second kappa shape index (κ2) is 41.4. The maximum atomic E-state index is 12.4. The Balaban J connectivity index is 3.93. The molecule has 0 saturated carbocycles. The lowest BCUT2D eigenvalue weighted by atomic mass is 10.1. The van der Waals surface area contributed by atoms with Crippen LogP contribution in [0, 0.1) is 0 Å². The van der Waals surface area contributed by atoms with Gasteiger partial charge in [0.1, 0.15) is 12.2 Å². The molecule has 0 amide bonds. The summed E-state index contributed by atoms with van der Waals surface area (Å²) in [5.41, 5.74) is 0. The molecule has 0 heterocycles. The van der Waals surface area contributed by atoms with E-state index in [0.717, 1.165) is 70.6 Å². The Hall–Kier alpha value is -1.81. The van der Waals surface area contributed by atoms with Crippen LogP contribution in [0.4, 0.5) is 0 Å². The van der Waals surface area contributed by atoms with E-state index >= 15 is 0 Å². The lowest BCUT2D eigenvalue weighted by Crippen LogP contribution is -2.28. The molecule has 3 atom stereocenters. The minimum Gasteiger partial charge on any atom is -0.457 e. The summed E-state index contributed by atoms with van der Waals surface area (Å²) < 4.78 is 32.6. The Bertz CT molecular complexity index is 1030. The van der Waals surface area contributed by atoms with Gasteiger partial charge in [-0.05, 0) is 70.6 Å². The van der Waals surface area contributed by atoms with Crippen molar-refractivity contribution in [2.24, 2.45) is 0 Å². The molecule has 0 bridgehead atoms. The summed E-state index contributed by atoms with van der Waals surface area (Å²) in [4.78, 5) is 34.5. The zero-order valence-electron chi connectivity index (χ0n) is 35.6. The summed E-state index contributed by atoms with van der Waals surface area (Å²) in [6.45, 7) is 2.17. The normalized spacial score (nSPS) is 14.2. The van der Waals surface area contributed by atoms with Crippen LogP contribution in [0.1, 0.15) is 200 Å². The van der Waals surface area contributed by atoms with Crippen molar-refractivity contribution in [2.75, 3.05) is 26.4 Å². The number of carbonyl (C=O) groups excluding carboxylic acids is 2. The molecule has 0 saturated heterocycles. The molecule has 3 N–H and O–H groups in total. The Morgan fingerprint density at radius 2 is 0.786 bits per heavy atom. The third-order valence-electron chi connectivity index (χ3n) is 9.57. The van der Waals surface area contributed by atoms with Crippen molar-refractivity contribution in [3.8, 4) is 0 Å². The third-order valence-corrected chi connectivity index (χ3v) is 10.5. The molecule has 0 radical (unpaired) electrons. The van der Waals surface area contributed by atoms with E-state index in [-0.39, 0.29) is 12.8 Å². The number of carbonyl (C=O) groups is 2. The van der Waals surface area contributed by atoms with Crippen LogP contribution in [0.15, 0.2) is 36.5 Å². The van der Waals surface area contributed by atoms with Crippen LogP contribution < -0.4 is 0 Å². The number of phosphoric ester groups is 1. The lowest BCUT2D eigenvalue weighted by molar-refractivity contribution is -0.153. The average Bonchev–Trinajstić information content (AvgIpc) is 3.19. The highest BCUT2D eigenvalue weighted by Crippen LogP contribution is 2.43. The summed E-state index contributed by atoms with van der Waals surface area (Å²) in [6.07, 6.45) is 42.5. The molecule has 0 aliphatic rings. The molecule has 0 aromatic carbocycles. The fourth-order valence-corrected chi connectivity index (χ4v) is 6.86. The average molecular weight is 815 g/mol. The minimum atomic E-state index is -4.64. The predicted molar refractivity (Wildman–Crippen MR) is 228 cm³/mol. The zero-order chi connectivity index (χ0) is 41.2. The van der Waals surface area contributed by atoms with E-state index in [4.69, 9.17) is 18.5 Å². The van der Waals surface area contributed by atoms with E-state index in [1.807, 2.05) is 0 Å². The van der Waals surface area contributed by atoms with Crippen molar-refractivity contribution < 1.29 is 47.8 Å². The molecule has 0 aromatic heterocycles. The molecular formula is C45H83O10P. The molecule has 10 nitrogen and oxygen atoms in total. The summed E-state index contributed by atoms with van der Waals surface area (Å²) in [5, 5.41) is 19.2. The molecule has 56 heavy (non-hydrogen) atoms. The van der Waals surface area contributed by atoms with Gasteiger partial charge in [0.25, 0.3) is 0 Å². The highest BCUT2D eigenvalue weighted by atomic mass is 31.2. The molecule has 11 heteroatoms. The predicted octanol–water partition coefficient (Wildman–Crippen LogP) is 11.9. The molecule has 0 aliphatic carbocycles. The summed E-state index contributed by atoms with van der Waals surface area (Å²) in [5.74, 6) is -1.03. The molecule has 0 aromatic rings. The number of hydrogen-bond donors (Lipinski definition) is 3. The summed E-state index contributed by atoms with van der Waals surface area (Å²) in [7, 11) is -4.64. The van der Waals surface area contributed by atoms with Gasteiger partial charge in [0.05, 0.1) is 26.4 Å². The van der Waals surface area contributed by atoms with Crippen LogP contribution in [0.2, 0.25) is 0 Å². The first-order valence-corrected chi connectivity index (χ1v) is 23.9. The van der Waals surface area contributed by atoms with Gasteiger partial charge in [0, 0.05) is 12.8 Å². The second-order valence-corrected chi connectivity index (χ2v) is 16.5. The molecule has 0 spiro atoms. The first-order chi connectivity index (χ1) is 27.3. The van der Waals surface area contributed by atoms with E-state index < -0.39 is 58.4 Å². The zero-order valence-corrected chi connectivity index (χ0v) is 36.5. The topological polar surface area (TPSA) is 149 Å². The quantitative estimate of drug-likeness (QED) is 0.0235. The van der Waals surface area contributed by atoms with E-state index in [2.05, 4.69) is 50.3 Å². The van der Waals surface area contributed by atoms with Crippen molar-refractivity contribution in [1.29, 1.82) is 0 Å². The molecule has 3 unspecified atom stereocenters. The molecular weight excluding hydrogens is 731 g/mol. The fourth-order valence-electron chi connectivity index (χ4n) is 6.08. The third kappa shape index (κ3) is 39.0. The van der Waals surface area contributed by atoms with E-state index in [9.17, 15) is 29.3 Å². The number of esters is 2. The highest BCUT2D eigenvalue weighted by molar-refractivity contribution is 7.47. The van der Waals surface area contributed by atoms with Crippen LogP contribution in [0.25, 0.3) is 0 Å². The molecule has 0 rings (SSSR count). The maximum absolute atomic E-state index is 12.4. The first-order valence-electron chi connectivity index (χ1n) is 22.4. The second-order valence-electron chi connectivity index (χ2n) is 15.0. The number of unbranched alkanes of at least 4 members (excludes halogenated alkanes) is 22. The summed E-state index contributed by atoms with van der Waals surface area (Å²) >= 11 is 0. The number of aliphatic hydroxyl groups is 2. The smallest absolute Gasteiger partial charge is 0.457 e. The number of rotatable bonds is 42. The van der Waals surface area contributed by atoms with Crippen molar-refractivity contribution in [3.63, 3.8) is 0 Å². The largest absolute Gasteiger partial charge is 0.472 e. The van der Waals surface area contributed by atoms with E-state index in [1.54, 1.807) is 0 Å². The monoisotopic (exact) mass is 815 g/mol. The van der Waals surface area contributed by atoms with Gasteiger partial charge in [-0.1, -0.05) is 153 Å². The first kappa shape index (κ1) is 54.2. The van der Waals surface area contributed by atoms with Gasteiger partial charge in [-0.15, -0.1) is 0 Å². The maximum Gasteiger partial charge on any atom is 0.472 e. The Morgan fingerprint density at radius 1 is 0.482 bits per heavy atom. The van der Waals surface area contributed by atoms with Crippen molar-refractivity contribution >= 4 is 19.8 Å². The minimum absolute atomic E-state index is 0.182. The number of allylic oxidation sites excluding steroid dienone is 6. The number of phosphoric acid groups is 1. The number of aliphatic hydroxyl groups excluding tert-OH is 2. The van der Waals surface area contributed by atoms with Gasteiger partial charge in [-0.3, -0.25) is 18.6 Å². The Labute approximate surface area is 341 Å². The van der Waals surface area contributed by atoms with Crippen molar-refractivity contribution in [1.82, 2.24) is 0 Å². The van der Waals surface area contributed by atoms with Gasteiger partial charge in [-0.2, -0.15) is 0 Å². The molecule has 0 fully saturated rings. The van der Waals surface area contributed by atoms with Crippen LogP contribution in [-0.2, 0) is 32.7 Å². The standard InChI is InChI=1S/C45H83O10P/c1-3-5-7-9-11-13-15-17-19-21-23-25-27-29-31-33-35-37-45(49)55-43(39-47)41-53-56(50,51)52-40-42(38-46)54-44(48)36-34-32-30-28-26-24-22-20-18-16-14-12-10-8-6-4-2/h11,13,17,19-20,22,42-43,46-47H,3-10,12,14-16,18,21,23-41H2,1-2H3,(H,50,51)/b13-11-,19-17-,22-20-. The van der Waals surface area contributed by atoms with Crippen molar-refractivity contribution in [3.05, 3.63) is 36.5 Å². The van der Waals surface area contributed by atoms with Gasteiger partial charge < -0.3 is 24.6 Å². The number of hydrogen-bond acceptors (Lipinski definition) is 9. The Morgan fingerprint density at radius 3 is 1.16 bits per heavy atom. The van der Waals surface area contributed by atoms with Gasteiger partial charge in [0.15, 0.2) is 0 Å². The van der Waals surface area contributed by atoms with Crippen LogP contribution in [-0.4, -0.2) is 65.7 Å². The van der Waals surface area contributed by atoms with Gasteiger partial charge in [-0.25, -0.2) is 4.57 Å². The Kier molecular flexibility index (Phi) is 40.0. The fraction of sp³-hybridized carbons (Fsp3) is 0.822. The van der Waals surface area contributed by atoms with Gasteiger partial charge >= 0.3 is 19.8 Å². The lowest BCUT2D eigenvalue weighted by Gasteiger charge is -2.20. The molecule has 328 valence electrons. The van der Waals surface area contributed by atoms with Crippen LogP contribution in [0.5, 0.6) is 0 Å². The summed E-state index contributed by atoms with van der Waals surface area (Å²) in [6, 6.07) is 0. The SMILES string of the molecule is CCCCC/C=C\C/C=C\CCCCCCCCCC(=O)OC(CO)COP(=O)(O)OCC(CO)OC(=O)CCCCCCC/C=C\CCCCCCCCC. The van der Waals surface area contributed by atoms with Crippen molar-refractivity contribution in [2.45, 2.75) is 212 Å². The van der Waals surface area contributed by atoms with E-state index in [1.165, 1.54) is 89.9 Å². The number of ether oxygens (including phenoxy) is 2. The highest BCUT2D eigenvalue weighted by Gasteiger charge is 2.27. The van der Waals surface area contributed by atoms with Gasteiger partial charge in [0.2, 0.25) is 0 Å². The molecule has 0 aliphatic heterocycles. The van der Waals surface area contributed by atoms with Crippen LogP contribution in [0.3, 0.4) is 0 Å². The van der Waals surface area contributed by atoms with E-state index in [0.29, 0.717) is 12.8 Å².